The Kier molecular flexibility index (Phi) is 5.24. The molecule has 1 aliphatic heterocycles. The van der Waals surface area contributed by atoms with Gasteiger partial charge in [-0.2, -0.15) is 0 Å². The first kappa shape index (κ1) is 20.5. The molecule has 34 heavy (non-hydrogen) atoms. The lowest BCUT2D eigenvalue weighted by Crippen LogP contribution is -2.10. The summed E-state index contributed by atoms with van der Waals surface area (Å²) in [6.45, 7) is 0.999. The monoisotopic (exact) mass is 453 g/mol. The first-order valence-corrected chi connectivity index (χ1v) is 11.3. The average molecular weight is 453 g/mol. The van der Waals surface area contributed by atoms with Gasteiger partial charge in [-0.05, 0) is 66.1 Å². The number of nitrogens with zero attached hydrogens (tertiary/aromatic N) is 1. The largest absolute Gasteiger partial charge is 0.486 e. The smallest absolute Gasteiger partial charge is 0.291 e. The number of benzene rings is 3. The fourth-order valence-corrected chi connectivity index (χ4v) is 4.23. The minimum absolute atomic E-state index is 0.0174. The predicted molar refractivity (Wildman–Crippen MR) is 129 cm³/mol. The molecule has 0 bridgehead atoms. The lowest BCUT2D eigenvalue weighted by atomic mass is 10.1. The van der Waals surface area contributed by atoms with Gasteiger partial charge in [0.05, 0.1) is 11.0 Å². The zero-order valence-corrected chi connectivity index (χ0v) is 18.4. The third-order valence-corrected chi connectivity index (χ3v) is 5.98. The molecule has 3 heterocycles. The zero-order valence-electron chi connectivity index (χ0n) is 18.4. The summed E-state index contributed by atoms with van der Waals surface area (Å²) in [7, 11) is 0. The van der Waals surface area contributed by atoms with Crippen molar-refractivity contribution in [2.75, 3.05) is 11.9 Å². The van der Waals surface area contributed by atoms with Crippen molar-refractivity contribution in [3.05, 3.63) is 90.1 Å². The number of aromatic amines is 1. The summed E-state index contributed by atoms with van der Waals surface area (Å²) in [6.07, 6.45) is 2.03. The number of rotatable bonds is 6. The van der Waals surface area contributed by atoms with Gasteiger partial charge < -0.3 is 24.2 Å². The van der Waals surface area contributed by atoms with Crippen LogP contribution in [0, 0.1) is 0 Å². The van der Waals surface area contributed by atoms with Gasteiger partial charge in [-0.3, -0.25) is 4.79 Å². The molecular weight excluding hydrogens is 430 g/mol. The Morgan fingerprint density at radius 3 is 2.85 bits per heavy atom. The second-order valence-corrected chi connectivity index (χ2v) is 8.37. The number of amides is 1. The standard InChI is InChI=1S/C27H23N3O4/c31-27(28-19-8-11-22-23(15-19)30-26(29-22)24-6-3-13-32-24)25-12-10-21(34-25)16-33-20-9-7-17-4-1-2-5-18(17)14-20/h1-2,4-5,7-12,14-15,24H,3,6,13,16H2,(H,28,31)(H,29,30). The van der Waals surface area contributed by atoms with Crippen molar-refractivity contribution in [1.82, 2.24) is 9.97 Å². The van der Waals surface area contributed by atoms with Crippen LogP contribution in [0.4, 0.5) is 5.69 Å². The van der Waals surface area contributed by atoms with Crippen LogP contribution in [0.5, 0.6) is 5.75 Å². The van der Waals surface area contributed by atoms with Crippen molar-refractivity contribution < 1.29 is 18.7 Å². The lowest BCUT2D eigenvalue weighted by Gasteiger charge is -2.06. The lowest BCUT2D eigenvalue weighted by molar-refractivity contribution is 0.0992. The third-order valence-electron chi connectivity index (χ3n) is 5.98. The summed E-state index contributed by atoms with van der Waals surface area (Å²) in [5.41, 5.74) is 2.35. The molecule has 1 fully saturated rings. The fourth-order valence-electron chi connectivity index (χ4n) is 4.23. The molecule has 1 amide bonds. The molecule has 5 aromatic rings. The second-order valence-electron chi connectivity index (χ2n) is 8.37. The molecule has 7 nitrogen and oxygen atoms in total. The van der Waals surface area contributed by atoms with Crippen molar-refractivity contribution in [3.63, 3.8) is 0 Å². The van der Waals surface area contributed by atoms with E-state index in [1.165, 1.54) is 0 Å². The van der Waals surface area contributed by atoms with E-state index in [1.54, 1.807) is 12.1 Å². The van der Waals surface area contributed by atoms with Crippen molar-refractivity contribution in [3.8, 4) is 5.75 Å². The molecule has 1 atom stereocenters. The average Bonchev–Trinajstić information content (AvgIpc) is 3.63. The number of furan rings is 1. The second kappa shape index (κ2) is 8.68. The Morgan fingerprint density at radius 2 is 1.97 bits per heavy atom. The van der Waals surface area contributed by atoms with Crippen LogP contribution in [0.25, 0.3) is 21.8 Å². The molecule has 0 radical (unpaired) electrons. The Morgan fingerprint density at radius 1 is 1.06 bits per heavy atom. The van der Waals surface area contributed by atoms with Crippen LogP contribution in [-0.2, 0) is 11.3 Å². The molecular formula is C27H23N3O4. The highest BCUT2D eigenvalue weighted by Crippen LogP contribution is 2.29. The minimum atomic E-state index is -0.324. The highest BCUT2D eigenvalue weighted by atomic mass is 16.5. The number of hydrogen-bond donors (Lipinski definition) is 2. The maximum Gasteiger partial charge on any atom is 0.291 e. The van der Waals surface area contributed by atoms with Crippen LogP contribution in [-0.4, -0.2) is 22.5 Å². The van der Waals surface area contributed by atoms with Gasteiger partial charge in [-0.15, -0.1) is 0 Å². The van der Waals surface area contributed by atoms with E-state index in [0.29, 0.717) is 11.4 Å². The van der Waals surface area contributed by atoms with Gasteiger partial charge in [0.1, 0.15) is 30.0 Å². The third kappa shape index (κ3) is 4.13. The van der Waals surface area contributed by atoms with E-state index in [0.717, 1.165) is 52.8 Å². The van der Waals surface area contributed by atoms with Crippen LogP contribution in [0.1, 0.15) is 41.1 Å². The number of nitrogens with one attached hydrogen (secondary N) is 2. The van der Waals surface area contributed by atoms with E-state index in [4.69, 9.17) is 13.9 Å². The van der Waals surface area contributed by atoms with Crippen LogP contribution in [0.3, 0.4) is 0 Å². The van der Waals surface area contributed by atoms with Crippen LogP contribution in [0.2, 0.25) is 0 Å². The zero-order chi connectivity index (χ0) is 22.9. The van der Waals surface area contributed by atoms with Crippen LogP contribution >= 0.6 is 0 Å². The van der Waals surface area contributed by atoms with E-state index >= 15 is 0 Å². The van der Waals surface area contributed by atoms with Crippen LogP contribution < -0.4 is 10.1 Å². The summed E-state index contributed by atoms with van der Waals surface area (Å²) in [4.78, 5) is 20.6. The summed E-state index contributed by atoms with van der Waals surface area (Å²) in [6, 6.07) is 23.0. The molecule has 2 N–H and O–H groups in total. The van der Waals surface area contributed by atoms with E-state index in [-0.39, 0.29) is 24.4 Å². The number of imidazole rings is 1. The summed E-state index contributed by atoms with van der Waals surface area (Å²) < 4.78 is 17.3. The molecule has 2 aromatic heterocycles. The number of hydrogen-bond acceptors (Lipinski definition) is 5. The number of carbonyl (C=O) groups excluding carboxylic acids is 1. The van der Waals surface area contributed by atoms with Crippen molar-refractivity contribution in [2.24, 2.45) is 0 Å². The summed E-state index contributed by atoms with van der Waals surface area (Å²) in [5.74, 6) is 2.05. The molecule has 1 unspecified atom stereocenters. The molecule has 0 aliphatic carbocycles. The number of H-pyrrole nitrogens is 1. The number of ether oxygens (including phenoxy) is 2. The normalized spacial score (nSPS) is 15.7. The van der Waals surface area contributed by atoms with Gasteiger partial charge in [0.15, 0.2) is 5.76 Å². The first-order chi connectivity index (χ1) is 16.7. The minimum Gasteiger partial charge on any atom is -0.486 e. The molecule has 0 spiro atoms. The number of aromatic nitrogens is 2. The molecule has 1 saturated heterocycles. The topological polar surface area (TPSA) is 89.4 Å². The first-order valence-electron chi connectivity index (χ1n) is 11.3. The summed E-state index contributed by atoms with van der Waals surface area (Å²) >= 11 is 0. The highest BCUT2D eigenvalue weighted by molar-refractivity contribution is 6.03. The molecule has 1 aliphatic rings. The molecule has 6 rings (SSSR count). The van der Waals surface area contributed by atoms with E-state index < -0.39 is 0 Å². The quantitative estimate of drug-likeness (QED) is 0.330. The van der Waals surface area contributed by atoms with Crippen molar-refractivity contribution >= 4 is 33.4 Å². The van der Waals surface area contributed by atoms with Crippen LogP contribution in [0.15, 0.2) is 77.2 Å². The highest BCUT2D eigenvalue weighted by Gasteiger charge is 2.21. The number of fused-ring (bicyclic) bond motifs is 2. The molecule has 7 heteroatoms. The fraction of sp³-hybridized carbons (Fsp3) is 0.185. The molecule has 0 saturated carbocycles. The van der Waals surface area contributed by atoms with Gasteiger partial charge in [0, 0.05) is 12.3 Å². The van der Waals surface area contributed by atoms with E-state index in [1.807, 2.05) is 54.6 Å². The van der Waals surface area contributed by atoms with Crippen molar-refractivity contribution in [2.45, 2.75) is 25.6 Å². The van der Waals surface area contributed by atoms with Gasteiger partial charge in [-0.25, -0.2) is 4.98 Å². The van der Waals surface area contributed by atoms with E-state index in [2.05, 4.69) is 21.4 Å². The predicted octanol–water partition coefficient (Wildman–Crippen LogP) is 5.99. The number of carbonyl (C=O) groups is 1. The Labute approximate surface area is 195 Å². The van der Waals surface area contributed by atoms with Crippen molar-refractivity contribution in [1.29, 1.82) is 0 Å². The Bertz CT molecular complexity index is 1480. The van der Waals surface area contributed by atoms with Gasteiger partial charge in [0.25, 0.3) is 5.91 Å². The van der Waals surface area contributed by atoms with Gasteiger partial charge >= 0.3 is 0 Å². The molecule has 3 aromatic carbocycles. The SMILES string of the molecule is O=C(Nc1ccc2nc(C3CCCO3)[nH]c2c1)c1ccc(COc2ccc3ccccc3c2)o1. The summed E-state index contributed by atoms with van der Waals surface area (Å²) in [5, 5.41) is 5.15. The Hall–Kier alpha value is -4.10. The van der Waals surface area contributed by atoms with Gasteiger partial charge in [0.2, 0.25) is 0 Å². The maximum absolute atomic E-state index is 12.7. The Balaban J connectivity index is 1.11. The maximum atomic E-state index is 12.7. The number of anilines is 1. The van der Waals surface area contributed by atoms with Gasteiger partial charge in [-0.1, -0.05) is 30.3 Å². The molecule has 170 valence electrons. The van der Waals surface area contributed by atoms with E-state index in [9.17, 15) is 4.79 Å².